The first-order chi connectivity index (χ1) is 12.2. The van der Waals surface area contributed by atoms with Crippen molar-refractivity contribution < 1.29 is 9.21 Å². The van der Waals surface area contributed by atoms with Crippen molar-refractivity contribution in [3.05, 3.63) is 35.7 Å². The van der Waals surface area contributed by atoms with Crippen molar-refractivity contribution in [3.8, 4) is 0 Å². The molecule has 1 aromatic heterocycles. The van der Waals surface area contributed by atoms with Crippen LogP contribution in [0.15, 0.2) is 33.9 Å². The molecule has 0 atom stereocenters. The lowest BCUT2D eigenvalue weighted by molar-refractivity contribution is -0.118. The van der Waals surface area contributed by atoms with Gasteiger partial charge in [0.1, 0.15) is 0 Å². The van der Waals surface area contributed by atoms with Gasteiger partial charge in [0.25, 0.3) is 5.22 Å². The van der Waals surface area contributed by atoms with E-state index >= 15 is 0 Å². The molecular weight excluding hydrogens is 336 g/mol. The molecule has 0 saturated heterocycles. The summed E-state index contributed by atoms with van der Waals surface area (Å²) in [5.41, 5.74) is 2.42. The third-order valence-corrected chi connectivity index (χ3v) is 4.95. The molecule has 0 spiro atoms. The topological polar surface area (TPSA) is 71.3 Å². The molecule has 1 saturated carbocycles. The standard InChI is InChI=1S/C18H24N4O2S/c1-3-22(15-6-4-5-13(2)11-15)10-9-19-16(23)12-25-18-21-20-17(24-18)14-7-8-14/h4-6,11,14H,3,7-10,12H2,1-2H3,(H,19,23). The number of thioether (sulfide) groups is 1. The van der Waals surface area contributed by atoms with Crippen LogP contribution in [0, 0.1) is 6.92 Å². The predicted octanol–water partition coefficient (Wildman–Crippen LogP) is 2.99. The maximum Gasteiger partial charge on any atom is 0.277 e. The Morgan fingerprint density at radius 1 is 1.40 bits per heavy atom. The fourth-order valence-electron chi connectivity index (χ4n) is 2.58. The van der Waals surface area contributed by atoms with Gasteiger partial charge in [-0.1, -0.05) is 23.9 Å². The summed E-state index contributed by atoms with van der Waals surface area (Å²) in [5.74, 6) is 1.43. The molecule has 3 rings (SSSR count). The average Bonchev–Trinajstić information content (AvgIpc) is 3.35. The van der Waals surface area contributed by atoms with Gasteiger partial charge in [-0.15, -0.1) is 10.2 Å². The molecule has 25 heavy (non-hydrogen) atoms. The van der Waals surface area contributed by atoms with Gasteiger partial charge in [-0.25, -0.2) is 0 Å². The number of carbonyl (C=O) groups is 1. The second-order valence-electron chi connectivity index (χ2n) is 6.24. The number of hydrogen-bond acceptors (Lipinski definition) is 6. The fraction of sp³-hybridized carbons (Fsp3) is 0.500. The Labute approximate surface area is 152 Å². The predicted molar refractivity (Wildman–Crippen MR) is 99.1 cm³/mol. The lowest BCUT2D eigenvalue weighted by Gasteiger charge is -2.23. The van der Waals surface area contributed by atoms with Gasteiger partial charge in [0.15, 0.2) is 0 Å². The molecule has 1 N–H and O–H groups in total. The van der Waals surface area contributed by atoms with E-state index in [2.05, 4.69) is 58.5 Å². The largest absolute Gasteiger partial charge is 0.416 e. The van der Waals surface area contributed by atoms with Crippen LogP contribution in [-0.2, 0) is 4.79 Å². The van der Waals surface area contributed by atoms with Crippen LogP contribution in [0.3, 0.4) is 0 Å². The Balaban J connectivity index is 1.39. The quantitative estimate of drug-likeness (QED) is 0.693. The summed E-state index contributed by atoms with van der Waals surface area (Å²) in [6.07, 6.45) is 2.25. The van der Waals surface area contributed by atoms with E-state index in [1.807, 2.05) is 0 Å². The number of nitrogens with zero attached hydrogens (tertiary/aromatic N) is 3. The molecule has 0 aliphatic heterocycles. The van der Waals surface area contributed by atoms with Crippen molar-refractivity contribution in [1.82, 2.24) is 15.5 Å². The van der Waals surface area contributed by atoms with E-state index in [4.69, 9.17) is 4.42 Å². The number of carbonyl (C=O) groups excluding carboxylic acids is 1. The molecule has 6 nitrogen and oxygen atoms in total. The average molecular weight is 360 g/mol. The van der Waals surface area contributed by atoms with E-state index in [9.17, 15) is 4.79 Å². The molecule has 0 unspecified atom stereocenters. The highest BCUT2D eigenvalue weighted by atomic mass is 32.2. The van der Waals surface area contributed by atoms with Crippen LogP contribution in [0.2, 0.25) is 0 Å². The van der Waals surface area contributed by atoms with Crippen molar-refractivity contribution in [1.29, 1.82) is 0 Å². The number of anilines is 1. The Morgan fingerprint density at radius 2 is 2.24 bits per heavy atom. The fourth-order valence-corrected chi connectivity index (χ4v) is 3.18. The molecule has 1 aromatic carbocycles. The molecule has 1 fully saturated rings. The monoisotopic (exact) mass is 360 g/mol. The Hall–Kier alpha value is -2.02. The van der Waals surface area contributed by atoms with Gasteiger partial charge in [0.2, 0.25) is 11.8 Å². The minimum absolute atomic E-state index is 0.0172. The summed E-state index contributed by atoms with van der Waals surface area (Å²) < 4.78 is 5.54. The van der Waals surface area contributed by atoms with Crippen LogP contribution < -0.4 is 10.2 Å². The highest BCUT2D eigenvalue weighted by Crippen LogP contribution is 2.39. The Kier molecular flexibility index (Phi) is 5.96. The number of likely N-dealkylation sites (N-methyl/N-ethyl adjacent to an activating group) is 1. The van der Waals surface area contributed by atoms with Crippen LogP contribution in [-0.4, -0.2) is 41.5 Å². The van der Waals surface area contributed by atoms with Crippen molar-refractivity contribution in [2.24, 2.45) is 0 Å². The second-order valence-corrected chi connectivity index (χ2v) is 7.16. The van der Waals surface area contributed by atoms with E-state index in [1.165, 1.54) is 23.0 Å². The van der Waals surface area contributed by atoms with E-state index in [-0.39, 0.29) is 5.91 Å². The highest BCUT2D eigenvalue weighted by Gasteiger charge is 2.29. The summed E-state index contributed by atoms with van der Waals surface area (Å²) in [7, 11) is 0. The molecule has 1 amide bonds. The molecular formula is C18H24N4O2S. The molecule has 2 aromatic rings. The van der Waals surface area contributed by atoms with Gasteiger partial charge in [-0.05, 0) is 44.4 Å². The Bertz CT molecular complexity index is 715. The number of aromatic nitrogens is 2. The molecule has 7 heteroatoms. The van der Waals surface area contributed by atoms with Gasteiger partial charge in [0, 0.05) is 31.2 Å². The number of rotatable bonds is 9. The lowest BCUT2D eigenvalue weighted by Crippen LogP contribution is -2.35. The maximum absolute atomic E-state index is 12.0. The van der Waals surface area contributed by atoms with E-state index in [1.54, 1.807) is 0 Å². The van der Waals surface area contributed by atoms with Crippen molar-refractivity contribution in [2.45, 2.75) is 37.8 Å². The normalized spacial score (nSPS) is 13.7. The third-order valence-electron chi connectivity index (χ3n) is 4.13. The zero-order valence-electron chi connectivity index (χ0n) is 14.7. The van der Waals surface area contributed by atoms with Gasteiger partial charge < -0.3 is 14.6 Å². The van der Waals surface area contributed by atoms with Crippen LogP contribution in [0.5, 0.6) is 0 Å². The molecule has 1 aliphatic rings. The molecule has 0 bridgehead atoms. The molecule has 1 aliphatic carbocycles. The summed E-state index contributed by atoms with van der Waals surface area (Å²) in [5, 5.41) is 11.4. The number of aryl methyl sites for hydroxylation is 1. The zero-order valence-corrected chi connectivity index (χ0v) is 15.5. The SMILES string of the molecule is CCN(CCNC(=O)CSc1nnc(C2CC2)o1)c1cccc(C)c1. The summed E-state index contributed by atoms with van der Waals surface area (Å²) in [6.45, 7) is 6.50. The maximum atomic E-state index is 12.0. The van der Waals surface area contributed by atoms with Gasteiger partial charge in [-0.3, -0.25) is 4.79 Å². The smallest absolute Gasteiger partial charge is 0.277 e. The lowest BCUT2D eigenvalue weighted by atomic mass is 10.2. The van der Waals surface area contributed by atoms with Crippen LogP contribution >= 0.6 is 11.8 Å². The number of benzene rings is 1. The molecule has 0 radical (unpaired) electrons. The Morgan fingerprint density at radius 3 is 2.96 bits per heavy atom. The summed E-state index contributed by atoms with van der Waals surface area (Å²) >= 11 is 1.29. The van der Waals surface area contributed by atoms with Gasteiger partial charge in [0.05, 0.1) is 5.75 Å². The number of hydrogen-bond donors (Lipinski definition) is 1. The first-order valence-electron chi connectivity index (χ1n) is 8.70. The van der Waals surface area contributed by atoms with Crippen LogP contribution in [0.1, 0.15) is 37.1 Å². The van der Waals surface area contributed by atoms with Crippen LogP contribution in [0.25, 0.3) is 0 Å². The summed E-state index contributed by atoms with van der Waals surface area (Å²) in [6, 6.07) is 8.40. The van der Waals surface area contributed by atoms with E-state index < -0.39 is 0 Å². The number of nitrogens with one attached hydrogen (secondary N) is 1. The summed E-state index contributed by atoms with van der Waals surface area (Å²) in [4.78, 5) is 14.2. The third kappa shape index (κ3) is 5.22. The van der Waals surface area contributed by atoms with Crippen molar-refractivity contribution in [3.63, 3.8) is 0 Å². The second kappa shape index (κ2) is 8.38. The van der Waals surface area contributed by atoms with Crippen molar-refractivity contribution >= 4 is 23.4 Å². The van der Waals surface area contributed by atoms with Crippen molar-refractivity contribution in [2.75, 3.05) is 30.3 Å². The minimum Gasteiger partial charge on any atom is -0.416 e. The van der Waals surface area contributed by atoms with Gasteiger partial charge in [-0.2, -0.15) is 0 Å². The minimum atomic E-state index is -0.0172. The first kappa shape index (κ1) is 17.8. The van der Waals surface area contributed by atoms with Crippen LogP contribution in [0.4, 0.5) is 5.69 Å². The van der Waals surface area contributed by atoms with E-state index in [0.29, 0.717) is 29.3 Å². The molecule has 1 heterocycles. The highest BCUT2D eigenvalue weighted by molar-refractivity contribution is 7.99. The zero-order chi connectivity index (χ0) is 17.6. The first-order valence-corrected chi connectivity index (χ1v) is 9.68. The molecule has 134 valence electrons. The van der Waals surface area contributed by atoms with E-state index in [0.717, 1.165) is 25.9 Å². The van der Waals surface area contributed by atoms with Gasteiger partial charge >= 0.3 is 0 Å². The number of amides is 1.